The predicted molar refractivity (Wildman–Crippen MR) is 164 cm³/mol. The van der Waals surface area contributed by atoms with Crippen LogP contribution in [0, 0.1) is 11.8 Å². The second kappa shape index (κ2) is 14.2. The molecule has 10 nitrogen and oxygen atoms in total. The predicted octanol–water partition coefficient (Wildman–Crippen LogP) is 4.37. The number of nitrogens with zero attached hydrogens (tertiary/aromatic N) is 3. The van der Waals surface area contributed by atoms with E-state index in [0.29, 0.717) is 30.6 Å². The molecule has 3 amide bonds. The molecule has 0 unspecified atom stereocenters. The molecule has 0 atom stereocenters. The summed E-state index contributed by atoms with van der Waals surface area (Å²) in [5.74, 6) is 1.43. The molecule has 2 fully saturated rings. The molecule has 0 bridgehead atoms. The molecule has 230 valence electrons. The summed E-state index contributed by atoms with van der Waals surface area (Å²) in [4.78, 5) is 45.9. The van der Waals surface area contributed by atoms with Crippen LogP contribution < -0.4 is 15.5 Å². The molecule has 2 heterocycles. The Morgan fingerprint density at radius 2 is 1.67 bits per heavy atom. The van der Waals surface area contributed by atoms with Gasteiger partial charge >= 0.3 is 6.09 Å². The number of piperidine rings is 1. The van der Waals surface area contributed by atoms with E-state index in [0.717, 1.165) is 68.3 Å². The van der Waals surface area contributed by atoms with Crippen LogP contribution in [0.4, 0.5) is 10.6 Å². The number of hydrogen-bond acceptors (Lipinski definition) is 7. The largest absolute Gasteiger partial charge is 0.449 e. The molecule has 2 aromatic rings. The van der Waals surface area contributed by atoms with Crippen LogP contribution in [-0.2, 0) is 14.3 Å². The van der Waals surface area contributed by atoms with Crippen molar-refractivity contribution in [3.05, 3.63) is 35.9 Å². The third kappa shape index (κ3) is 9.05. The summed E-state index contributed by atoms with van der Waals surface area (Å²) in [6.07, 6.45) is 5.22. The molecule has 0 spiro atoms. The van der Waals surface area contributed by atoms with Gasteiger partial charge in [0.1, 0.15) is 12.4 Å². The van der Waals surface area contributed by atoms with Crippen molar-refractivity contribution in [2.24, 2.45) is 11.8 Å². The molecule has 1 saturated carbocycles. The van der Waals surface area contributed by atoms with E-state index in [1.165, 1.54) is 4.90 Å². The monoisotopic (exact) mass is 581 g/mol. The number of likely N-dealkylation sites (N-methyl/N-ethyl adjacent to an activating group) is 1. The van der Waals surface area contributed by atoms with Gasteiger partial charge in [0, 0.05) is 44.7 Å². The van der Waals surface area contributed by atoms with Crippen LogP contribution in [0.25, 0.3) is 10.9 Å². The van der Waals surface area contributed by atoms with Crippen LogP contribution in [0.5, 0.6) is 0 Å². The molecule has 2 N–H and O–H groups in total. The van der Waals surface area contributed by atoms with Crippen molar-refractivity contribution in [3.8, 4) is 0 Å². The molecular formula is C32H47N5O5. The maximum atomic E-state index is 13.5. The minimum Gasteiger partial charge on any atom is -0.449 e. The topological polar surface area (TPSA) is 113 Å². The SMILES string of the molecule is CN(C)C(=O)COC1CCN(c2cc(C(=O)NCC3CCC(COC(=O)NC(C)(C)C)CC3)c3ccccc3n2)CC1. The van der Waals surface area contributed by atoms with Gasteiger partial charge in [-0.05, 0) is 83.3 Å². The number of nitrogens with one attached hydrogen (secondary N) is 2. The maximum Gasteiger partial charge on any atom is 0.407 e. The standard InChI is InChI=1S/C32H47N5O5/c1-32(2,3)35-31(40)42-20-23-12-10-22(11-13-23)19-33-30(39)26-18-28(34-27-9-7-6-8-25(26)27)37-16-14-24(15-17-37)41-21-29(38)36(4)5/h6-9,18,22-24H,10-17,19-21H2,1-5H3,(H,33,39)(H,35,40). The average Bonchev–Trinajstić information content (AvgIpc) is 2.97. The van der Waals surface area contributed by atoms with E-state index >= 15 is 0 Å². The van der Waals surface area contributed by atoms with Crippen LogP contribution in [0.3, 0.4) is 0 Å². The number of rotatable bonds is 9. The quantitative estimate of drug-likeness (QED) is 0.452. The van der Waals surface area contributed by atoms with Crippen molar-refractivity contribution < 1.29 is 23.9 Å². The van der Waals surface area contributed by atoms with Crippen molar-refractivity contribution in [2.75, 3.05) is 51.8 Å². The minimum absolute atomic E-state index is 0.0352. The van der Waals surface area contributed by atoms with Gasteiger partial charge in [0.2, 0.25) is 5.91 Å². The van der Waals surface area contributed by atoms with Crippen LogP contribution in [-0.4, -0.2) is 86.4 Å². The van der Waals surface area contributed by atoms with Gasteiger partial charge < -0.3 is 29.9 Å². The normalized spacial score (nSPS) is 19.8. The Bertz CT molecular complexity index is 1230. The Labute approximate surface area is 249 Å². The summed E-state index contributed by atoms with van der Waals surface area (Å²) < 4.78 is 11.3. The van der Waals surface area contributed by atoms with E-state index in [2.05, 4.69) is 15.5 Å². The first-order valence-corrected chi connectivity index (χ1v) is 15.2. The Hall–Kier alpha value is -3.40. The van der Waals surface area contributed by atoms with Crippen molar-refractivity contribution in [1.29, 1.82) is 0 Å². The fraction of sp³-hybridized carbons (Fsp3) is 0.625. The number of carbonyl (C=O) groups is 3. The smallest absolute Gasteiger partial charge is 0.407 e. The lowest BCUT2D eigenvalue weighted by molar-refractivity contribution is -0.136. The van der Waals surface area contributed by atoms with Crippen molar-refractivity contribution in [1.82, 2.24) is 20.5 Å². The first-order valence-electron chi connectivity index (χ1n) is 15.2. The molecular weight excluding hydrogens is 534 g/mol. The summed E-state index contributed by atoms with van der Waals surface area (Å²) in [6, 6.07) is 9.68. The van der Waals surface area contributed by atoms with Crippen LogP contribution in [0.1, 0.15) is 69.7 Å². The summed E-state index contributed by atoms with van der Waals surface area (Å²) in [6.45, 7) is 8.45. The van der Waals surface area contributed by atoms with Gasteiger partial charge in [-0.25, -0.2) is 9.78 Å². The molecule has 1 aromatic carbocycles. The molecule has 1 aliphatic heterocycles. The second-order valence-electron chi connectivity index (χ2n) is 12.9. The number of aromatic nitrogens is 1. The van der Waals surface area contributed by atoms with Gasteiger partial charge in [-0.1, -0.05) is 18.2 Å². The van der Waals surface area contributed by atoms with E-state index in [1.807, 2.05) is 51.1 Å². The van der Waals surface area contributed by atoms with Crippen molar-refractivity contribution in [2.45, 2.75) is 70.9 Å². The fourth-order valence-electron chi connectivity index (χ4n) is 5.55. The number of alkyl carbamates (subject to hydrolysis) is 1. The highest BCUT2D eigenvalue weighted by Gasteiger charge is 2.26. The fourth-order valence-corrected chi connectivity index (χ4v) is 5.55. The number of para-hydroxylation sites is 1. The van der Waals surface area contributed by atoms with Gasteiger partial charge in [-0.15, -0.1) is 0 Å². The number of anilines is 1. The highest BCUT2D eigenvalue weighted by molar-refractivity contribution is 6.07. The van der Waals surface area contributed by atoms with E-state index in [-0.39, 0.29) is 36.2 Å². The lowest BCUT2D eigenvalue weighted by Crippen LogP contribution is -2.41. The van der Waals surface area contributed by atoms with E-state index < -0.39 is 0 Å². The Kier molecular flexibility index (Phi) is 10.6. The number of carbonyl (C=O) groups excluding carboxylic acids is 3. The Balaban J connectivity index is 1.29. The number of amides is 3. The Morgan fingerprint density at radius 1 is 1.00 bits per heavy atom. The number of ether oxygens (including phenoxy) is 2. The molecule has 42 heavy (non-hydrogen) atoms. The number of benzene rings is 1. The van der Waals surface area contributed by atoms with Crippen LogP contribution in [0.15, 0.2) is 30.3 Å². The number of hydrogen-bond donors (Lipinski definition) is 2. The number of fused-ring (bicyclic) bond motifs is 1. The molecule has 0 radical (unpaired) electrons. The van der Waals surface area contributed by atoms with E-state index in [1.54, 1.807) is 14.1 Å². The zero-order valence-corrected chi connectivity index (χ0v) is 25.8. The third-order valence-electron chi connectivity index (χ3n) is 8.10. The maximum absolute atomic E-state index is 13.5. The molecule has 1 aliphatic carbocycles. The number of pyridine rings is 1. The third-order valence-corrected chi connectivity index (χ3v) is 8.10. The summed E-state index contributed by atoms with van der Waals surface area (Å²) in [5, 5.41) is 6.86. The van der Waals surface area contributed by atoms with E-state index in [9.17, 15) is 14.4 Å². The zero-order chi connectivity index (χ0) is 30.3. The van der Waals surface area contributed by atoms with Gasteiger partial charge in [-0.2, -0.15) is 0 Å². The van der Waals surface area contributed by atoms with Crippen LogP contribution >= 0.6 is 0 Å². The molecule has 2 aliphatic rings. The van der Waals surface area contributed by atoms with Gasteiger partial charge in [0.05, 0.1) is 23.8 Å². The van der Waals surface area contributed by atoms with Crippen LogP contribution in [0.2, 0.25) is 0 Å². The molecule has 10 heteroatoms. The van der Waals surface area contributed by atoms with Gasteiger partial charge in [-0.3, -0.25) is 9.59 Å². The minimum atomic E-state index is -0.366. The molecule has 1 aromatic heterocycles. The first-order chi connectivity index (χ1) is 20.0. The average molecular weight is 582 g/mol. The first kappa shape index (κ1) is 31.5. The van der Waals surface area contributed by atoms with Crippen molar-refractivity contribution >= 4 is 34.6 Å². The summed E-state index contributed by atoms with van der Waals surface area (Å²) >= 11 is 0. The zero-order valence-electron chi connectivity index (χ0n) is 25.8. The highest BCUT2D eigenvalue weighted by atomic mass is 16.5. The highest BCUT2D eigenvalue weighted by Crippen LogP contribution is 2.30. The summed E-state index contributed by atoms with van der Waals surface area (Å²) in [7, 11) is 3.46. The van der Waals surface area contributed by atoms with E-state index in [4.69, 9.17) is 14.5 Å². The lowest BCUT2D eigenvalue weighted by Gasteiger charge is -2.33. The van der Waals surface area contributed by atoms with Gasteiger partial charge in [0.15, 0.2) is 0 Å². The van der Waals surface area contributed by atoms with Crippen molar-refractivity contribution in [3.63, 3.8) is 0 Å². The summed E-state index contributed by atoms with van der Waals surface area (Å²) in [5.41, 5.74) is 1.12. The molecule has 4 rings (SSSR count). The lowest BCUT2D eigenvalue weighted by atomic mass is 9.82. The second-order valence-corrected chi connectivity index (χ2v) is 12.9. The Morgan fingerprint density at radius 3 is 2.33 bits per heavy atom. The van der Waals surface area contributed by atoms with Gasteiger partial charge in [0.25, 0.3) is 5.91 Å². The molecule has 1 saturated heterocycles.